The van der Waals surface area contributed by atoms with Gasteiger partial charge < -0.3 is 16.0 Å². The van der Waals surface area contributed by atoms with Gasteiger partial charge in [-0.3, -0.25) is 14.6 Å². The minimum atomic E-state index is -0.307. The molecule has 0 aromatic carbocycles. The van der Waals surface area contributed by atoms with Crippen LogP contribution in [-0.4, -0.2) is 45.8 Å². The van der Waals surface area contributed by atoms with E-state index < -0.39 is 0 Å². The van der Waals surface area contributed by atoms with Gasteiger partial charge >= 0.3 is 0 Å². The van der Waals surface area contributed by atoms with Gasteiger partial charge in [-0.1, -0.05) is 0 Å². The molecule has 0 radical (unpaired) electrons. The Morgan fingerprint density at radius 1 is 1.21 bits per heavy atom. The molecule has 3 heterocycles. The maximum Gasteiger partial charge on any atom is 0.229 e. The quantitative estimate of drug-likeness (QED) is 0.706. The van der Waals surface area contributed by atoms with Gasteiger partial charge in [-0.15, -0.1) is 0 Å². The number of carbonyl (C=O) groups is 2. The molecule has 0 saturated heterocycles. The van der Waals surface area contributed by atoms with E-state index in [1.54, 1.807) is 38.8 Å². The summed E-state index contributed by atoms with van der Waals surface area (Å²) in [6, 6.07) is 5.59. The molecule has 1 unspecified atom stereocenters. The number of nitrogens with zero attached hydrogens (tertiary/aromatic N) is 4. The second kappa shape index (κ2) is 7.12. The zero-order valence-corrected chi connectivity index (χ0v) is 16.5. The first kappa shape index (κ1) is 18.8. The van der Waals surface area contributed by atoms with Gasteiger partial charge in [0.1, 0.15) is 11.6 Å². The number of aromatic nitrogens is 3. The highest BCUT2D eigenvalue weighted by molar-refractivity contribution is 6.01. The van der Waals surface area contributed by atoms with E-state index in [9.17, 15) is 9.59 Å². The van der Waals surface area contributed by atoms with Crippen LogP contribution in [0.5, 0.6) is 0 Å². The number of nitrogen functional groups attached to an aromatic ring is 1. The van der Waals surface area contributed by atoms with Crippen LogP contribution in [0.2, 0.25) is 0 Å². The Kier molecular flexibility index (Phi) is 4.62. The number of fused-ring (bicyclic) bond motifs is 1. The predicted octanol–water partition coefficient (Wildman–Crippen LogP) is 2.25. The van der Waals surface area contributed by atoms with Crippen LogP contribution >= 0.6 is 0 Å². The molecule has 0 aliphatic heterocycles. The molecule has 3 N–H and O–H groups in total. The third kappa shape index (κ3) is 3.61. The summed E-state index contributed by atoms with van der Waals surface area (Å²) in [5.41, 5.74) is 8.78. The molecule has 1 fully saturated rings. The topological polar surface area (TPSA) is 114 Å². The summed E-state index contributed by atoms with van der Waals surface area (Å²) in [6.07, 6.45) is 5.65. The van der Waals surface area contributed by atoms with Crippen molar-refractivity contribution >= 4 is 34.2 Å². The molecular formula is C21H22N6O2. The van der Waals surface area contributed by atoms with Crippen molar-refractivity contribution in [2.75, 3.05) is 25.1 Å². The molecule has 2 amide bonds. The lowest BCUT2D eigenvalue weighted by molar-refractivity contribution is -0.131. The number of hydrogen-bond acceptors (Lipinski definition) is 6. The summed E-state index contributed by atoms with van der Waals surface area (Å²) in [5.74, 6) is 0.0215. The third-order valence-electron chi connectivity index (χ3n) is 5.20. The maximum atomic E-state index is 12.5. The van der Waals surface area contributed by atoms with Crippen molar-refractivity contribution in [3.05, 3.63) is 42.4 Å². The van der Waals surface area contributed by atoms with E-state index in [2.05, 4.69) is 20.3 Å². The van der Waals surface area contributed by atoms with Crippen LogP contribution < -0.4 is 11.1 Å². The van der Waals surface area contributed by atoms with Crippen molar-refractivity contribution in [3.63, 3.8) is 0 Å². The minimum absolute atomic E-state index is 0.0213. The lowest BCUT2D eigenvalue weighted by atomic mass is 10.1. The Hall–Kier alpha value is -3.55. The van der Waals surface area contributed by atoms with Gasteiger partial charge in [-0.25, -0.2) is 9.97 Å². The number of nitrogens with one attached hydrogen (secondary N) is 1. The molecule has 1 saturated carbocycles. The number of hydrogen-bond donors (Lipinski definition) is 2. The highest BCUT2D eigenvalue weighted by Gasteiger charge is 2.48. The van der Waals surface area contributed by atoms with Crippen LogP contribution in [0.25, 0.3) is 22.0 Å². The summed E-state index contributed by atoms with van der Waals surface area (Å²) in [4.78, 5) is 38.9. The van der Waals surface area contributed by atoms with Crippen molar-refractivity contribution < 1.29 is 9.59 Å². The van der Waals surface area contributed by atoms with Gasteiger partial charge in [0.25, 0.3) is 0 Å². The van der Waals surface area contributed by atoms with Crippen LogP contribution in [0.3, 0.4) is 0 Å². The van der Waals surface area contributed by atoms with Gasteiger partial charge in [-0.05, 0) is 42.5 Å². The van der Waals surface area contributed by atoms with E-state index in [1.807, 2.05) is 19.1 Å². The Morgan fingerprint density at radius 2 is 2.00 bits per heavy atom. The van der Waals surface area contributed by atoms with Crippen LogP contribution in [-0.2, 0) is 9.59 Å². The fourth-order valence-corrected chi connectivity index (χ4v) is 3.42. The number of amides is 2. The molecular weight excluding hydrogens is 368 g/mol. The SMILES string of the molecule is Cc1ccncc1-c1cc2cc(NC(=O)C3C[C@@H]3C(=O)N(C)C)ncc2c(N)n1. The number of pyridine rings is 3. The molecule has 3 aromatic rings. The summed E-state index contributed by atoms with van der Waals surface area (Å²) < 4.78 is 0. The van der Waals surface area contributed by atoms with Gasteiger partial charge in [-0.2, -0.15) is 0 Å². The molecule has 3 aromatic heterocycles. The van der Waals surface area contributed by atoms with E-state index in [-0.39, 0.29) is 23.7 Å². The van der Waals surface area contributed by atoms with Crippen molar-refractivity contribution in [1.82, 2.24) is 19.9 Å². The summed E-state index contributed by atoms with van der Waals surface area (Å²) in [7, 11) is 3.39. The van der Waals surface area contributed by atoms with E-state index in [4.69, 9.17) is 5.73 Å². The number of anilines is 2. The first-order valence-electron chi connectivity index (χ1n) is 9.34. The summed E-state index contributed by atoms with van der Waals surface area (Å²) >= 11 is 0. The predicted molar refractivity (Wildman–Crippen MR) is 111 cm³/mol. The second-order valence-electron chi connectivity index (χ2n) is 7.54. The van der Waals surface area contributed by atoms with Crippen molar-refractivity contribution in [2.24, 2.45) is 11.8 Å². The average Bonchev–Trinajstić information content (AvgIpc) is 3.48. The normalized spacial score (nSPS) is 17.8. The molecule has 4 rings (SSSR count). The third-order valence-corrected chi connectivity index (χ3v) is 5.20. The zero-order chi connectivity index (χ0) is 20.7. The molecule has 0 bridgehead atoms. The fourth-order valence-electron chi connectivity index (χ4n) is 3.42. The van der Waals surface area contributed by atoms with Crippen LogP contribution in [0.4, 0.5) is 11.6 Å². The van der Waals surface area contributed by atoms with Crippen LogP contribution in [0.15, 0.2) is 36.8 Å². The molecule has 0 spiro atoms. The molecule has 8 heteroatoms. The van der Waals surface area contributed by atoms with Gasteiger partial charge in [0, 0.05) is 43.6 Å². The Labute approximate surface area is 168 Å². The number of carbonyl (C=O) groups excluding carboxylic acids is 2. The smallest absolute Gasteiger partial charge is 0.229 e. The standard InChI is InChI=1S/C21H22N6O2/c1-11-4-5-23-9-15(11)17-6-12-7-18(24-10-16(12)19(22)25-17)26-20(28)13-8-14(13)21(29)27(2)3/h4-7,9-10,13-14H,8H2,1-3H3,(H2,22,25)(H,24,26,28)/t13?,14-/m0/s1. The highest BCUT2D eigenvalue weighted by Crippen LogP contribution is 2.40. The largest absolute Gasteiger partial charge is 0.383 e. The summed E-state index contributed by atoms with van der Waals surface area (Å²) in [5, 5.41) is 4.34. The van der Waals surface area contributed by atoms with Crippen molar-refractivity contribution in [3.8, 4) is 11.3 Å². The van der Waals surface area contributed by atoms with Crippen molar-refractivity contribution in [2.45, 2.75) is 13.3 Å². The van der Waals surface area contributed by atoms with E-state index >= 15 is 0 Å². The number of nitrogens with two attached hydrogens (primary N) is 1. The maximum absolute atomic E-state index is 12.5. The Bertz CT molecular complexity index is 1130. The monoisotopic (exact) mass is 390 g/mol. The molecule has 2 atom stereocenters. The molecule has 29 heavy (non-hydrogen) atoms. The van der Waals surface area contributed by atoms with Gasteiger partial charge in [0.05, 0.1) is 17.5 Å². The van der Waals surface area contributed by atoms with Gasteiger partial charge in [0.2, 0.25) is 11.8 Å². The molecule has 148 valence electrons. The zero-order valence-electron chi connectivity index (χ0n) is 16.5. The number of rotatable bonds is 4. The van der Waals surface area contributed by atoms with E-state index in [1.165, 1.54) is 4.90 Å². The van der Waals surface area contributed by atoms with Crippen LogP contribution in [0.1, 0.15) is 12.0 Å². The molecule has 1 aliphatic rings. The highest BCUT2D eigenvalue weighted by atomic mass is 16.2. The number of aryl methyl sites for hydroxylation is 1. The minimum Gasteiger partial charge on any atom is -0.383 e. The first-order valence-corrected chi connectivity index (χ1v) is 9.34. The lowest BCUT2D eigenvalue weighted by Gasteiger charge is -2.11. The Morgan fingerprint density at radius 3 is 2.72 bits per heavy atom. The fraction of sp³-hybridized carbons (Fsp3) is 0.286. The second-order valence-corrected chi connectivity index (χ2v) is 7.54. The van der Waals surface area contributed by atoms with E-state index in [0.717, 1.165) is 16.5 Å². The van der Waals surface area contributed by atoms with Gasteiger partial charge in [0.15, 0.2) is 0 Å². The molecule has 8 nitrogen and oxygen atoms in total. The van der Waals surface area contributed by atoms with E-state index in [0.29, 0.717) is 29.1 Å². The summed E-state index contributed by atoms with van der Waals surface area (Å²) in [6.45, 7) is 1.98. The Balaban J connectivity index is 1.60. The van der Waals surface area contributed by atoms with Crippen molar-refractivity contribution in [1.29, 1.82) is 0 Å². The van der Waals surface area contributed by atoms with Crippen LogP contribution in [0, 0.1) is 18.8 Å². The first-order chi connectivity index (χ1) is 13.8. The lowest BCUT2D eigenvalue weighted by Crippen LogP contribution is -2.26. The average molecular weight is 390 g/mol. The molecule has 1 aliphatic carbocycles.